The van der Waals surface area contributed by atoms with Crippen LogP contribution in [-0.2, 0) is 0 Å². The molecular formula is C21H26N6. The maximum absolute atomic E-state index is 4.60. The van der Waals surface area contributed by atoms with Gasteiger partial charge in [0.2, 0.25) is 5.95 Å². The predicted octanol–water partition coefficient (Wildman–Crippen LogP) is 4.69. The summed E-state index contributed by atoms with van der Waals surface area (Å²) >= 11 is 0. The van der Waals surface area contributed by atoms with Gasteiger partial charge in [0.15, 0.2) is 0 Å². The lowest BCUT2D eigenvalue weighted by atomic mass is 10.1. The predicted molar refractivity (Wildman–Crippen MR) is 115 cm³/mol. The zero-order valence-electron chi connectivity index (χ0n) is 16.5. The van der Waals surface area contributed by atoms with Crippen molar-refractivity contribution in [3.63, 3.8) is 0 Å². The number of hydrogen-bond acceptors (Lipinski definition) is 6. The van der Waals surface area contributed by atoms with Crippen LogP contribution in [0.25, 0.3) is 0 Å². The summed E-state index contributed by atoms with van der Waals surface area (Å²) in [6, 6.07) is 14.1. The molecule has 2 aromatic carbocycles. The normalized spacial score (nSPS) is 10.4. The van der Waals surface area contributed by atoms with E-state index < -0.39 is 0 Å². The SMILES string of the molecule is CNc1ccc(Nc2nccc(Nc3c(C)ccc(N(C)C)c3C)n2)cc1. The van der Waals surface area contributed by atoms with Crippen molar-refractivity contribution in [2.75, 3.05) is 42.0 Å². The van der Waals surface area contributed by atoms with Crippen molar-refractivity contribution < 1.29 is 0 Å². The Morgan fingerprint density at radius 1 is 0.852 bits per heavy atom. The molecule has 0 unspecified atom stereocenters. The summed E-state index contributed by atoms with van der Waals surface area (Å²) in [4.78, 5) is 11.0. The standard InChI is InChI=1S/C21H26N6/c1-14-6-11-18(27(4)5)15(2)20(14)25-19-12-13-23-21(26-19)24-17-9-7-16(22-3)8-10-17/h6-13,22H,1-5H3,(H2,23,24,25,26). The highest BCUT2D eigenvalue weighted by molar-refractivity contribution is 5.73. The molecule has 0 spiro atoms. The summed E-state index contributed by atoms with van der Waals surface area (Å²) < 4.78 is 0. The molecule has 3 aromatic rings. The third-order valence-electron chi connectivity index (χ3n) is 4.46. The summed E-state index contributed by atoms with van der Waals surface area (Å²) in [5, 5.41) is 9.80. The second kappa shape index (κ2) is 7.95. The first-order valence-corrected chi connectivity index (χ1v) is 8.90. The van der Waals surface area contributed by atoms with Crippen LogP contribution in [0.1, 0.15) is 11.1 Å². The molecule has 140 valence electrons. The van der Waals surface area contributed by atoms with Gasteiger partial charge in [-0.3, -0.25) is 0 Å². The number of rotatable bonds is 6. The van der Waals surface area contributed by atoms with Gasteiger partial charge in [-0.05, 0) is 61.4 Å². The van der Waals surface area contributed by atoms with E-state index in [1.54, 1.807) is 6.20 Å². The van der Waals surface area contributed by atoms with E-state index >= 15 is 0 Å². The second-order valence-corrected chi connectivity index (χ2v) is 6.64. The van der Waals surface area contributed by atoms with Gasteiger partial charge in [0.1, 0.15) is 5.82 Å². The fourth-order valence-electron chi connectivity index (χ4n) is 2.98. The number of aromatic nitrogens is 2. The van der Waals surface area contributed by atoms with E-state index in [2.05, 4.69) is 56.8 Å². The first-order chi connectivity index (χ1) is 13.0. The van der Waals surface area contributed by atoms with Crippen molar-refractivity contribution in [2.45, 2.75) is 13.8 Å². The molecule has 0 bridgehead atoms. The molecule has 3 N–H and O–H groups in total. The van der Waals surface area contributed by atoms with Gasteiger partial charge in [0.25, 0.3) is 0 Å². The minimum Gasteiger partial charge on any atom is -0.388 e. The summed E-state index contributed by atoms with van der Waals surface area (Å²) in [6.07, 6.45) is 1.75. The average Bonchev–Trinajstić information content (AvgIpc) is 2.66. The lowest BCUT2D eigenvalue weighted by Crippen LogP contribution is -2.12. The van der Waals surface area contributed by atoms with Crippen LogP contribution in [0.3, 0.4) is 0 Å². The quantitative estimate of drug-likeness (QED) is 0.591. The molecule has 0 amide bonds. The van der Waals surface area contributed by atoms with Crippen LogP contribution in [0.5, 0.6) is 0 Å². The third-order valence-corrected chi connectivity index (χ3v) is 4.46. The van der Waals surface area contributed by atoms with Crippen LogP contribution in [0.2, 0.25) is 0 Å². The van der Waals surface area contributed by atoms with Crippen molar-refractivity contribution in [1.82, 2.24) is 9.97 Å². The van der Waals surface area contributed by atoms with Gasteiger partial charge < -0.3 is 20.9 Å². The third kappa shape index (κ3) is 4.28. The highest BCUT2D eigenvalue weighted by Gasteiger charge is 2.10. The highest BCUT2D eigenvalue weighted by atomic mass is 15.1. The van der Waals surface area contributed by atoms with Crippen molar-refractivity contribution >= 4 is 34.5 Å². The Balaban J connectivity index is 1.83. The summed E-state index contributed by atoms with van der Waals surface area (Å²) in [6.45, 7) is 4.22. The van der Waals surface area contributed by atoms with E-state index in [1.807, 2.05) is 51.5 Å². The van der Waals surface area contributed by atoms with Crippen molar-refractivity contribution in [3.8, 4) is 0 Å². The molecule has 27 heavy (non-hydrogen) atoms. The summed E-state index contributed by atoms with van der Waals surface area (Å²) in [5.74, 6) is 1.30. The maximum Gasteiger partial charge on any atom is 0.229 e. The first-order valence-electron chi connectivity index (χ1n) is 8.90. The molecule has 6 nitrogen and oxygen atoms in total. The second-order valence-electron chi connectivity index (χ2n) is 6.64. The zero-order chi connectivity index (χ0) is 19.4. The smallest absolute Gasteiger partial charge is 0.229 e. The molecule has 1 heterocycles. The van der Waals surface area contributed by atoms with Gasteiger partial charge in [-0.15, -0.1) is 0 Å². The Hall–Kier alpha value is -3.28. The van der Waals surface area contributed by atoms with Crippen LogP contribution in [-0.4, -0.2) is 31.1 Å². The number of nitrogens with one attached hydrogen (secondary N) is 3. The highest BCUT2D eigenvalue weighted by Crippen LogP contribution is 2.31. The van der Waals surface area contributed by atoms with E-state index in [1.165, 1.54) is 16.8 Å². The van der Waals surface area contributed by atoms with Crippen LogP contribution < -0.4 is 20.9 Å². The molecule has 0 aliphatic carbocycles. The average molecular weight is 362 g/mol. The molecule has 1 aromatic heterocycles. The fourth-order valence-corrected chi connectivity index (χ4v) is 2.98. The number of anilines is 6. The molecule has 0 aliphatic heterocycles. The minimum absolute atomic E-state index is 0.552. The maximum atomic E-state index is 4.60. The van der Waals surface area contributed by atoms with Gasteiger partial charge in [-0.1, -0.05) is 6.07 Å². The minimum atomic E-state index is 0.552. The van der Waals surface area contributed by atoms with E-state index in [4.69, 9.17) is 0 Å². The Kier molecular flexibility index (Phi) is 5.45. The number of benzene rings is 2. The molecule has 0 atom stereocenters. The summed E-state index contributed by atoms with van der Waals surface area (Å²) in [5.41, 5.74) is 6.62. The van der Waals surface area contributed by atoms with Crippen LogP contribution in [0.15, 0.2) is 48.7 Å². The van der Waals surface area contributed by atoms with E-state index in [0.717, 1.165) is 22.9 Å². The van der Waals surface area contributed by atoms with Gasteiger partial charge in [0, 0.05) is 50.1 Å². The van der Waals surface area contributed by atoms with Crippen LogP contribution in [0, 0.1) is 13.8 Å². The molecule has 3 rings (SSSR count). The van der Waals surface area contributed by atoms with E-state index in [9.17, 15) is 0 Å². The number of nitrogens with zero attached hydrogens (tertiary/aromatic N) is 3. The van der Waals surface area contributed by atoms with Gasteiger partial charge >= 0.3 is 0 Å². The van der Waals surface area contributed by atoms with Gasteiger partial charge in [-0.2, -0.15) is 4.98 Å². The Morgan fingerprint density at radius 3 is 2.22 bits per heavy atom. The largest absolute Gasteiger partial charge is 0.388 e. The van der Waals surface area contributed by atoms with Crippen molar-refractivity contribution in [1.29, 1.82) is 0 Å². The number of hydrogen-bond donors (Lipinski definition) is 3. The summed E-state index contributed by atoms with van der Waals surface area (Å²) in [7, 11) is 6.00. The molecule has 0 aliphatic rings. The van der Waals surface area contributed by atoms with Gasteiger partial charge in [-0.25, -0.2) is 4.98 Å². The van der Waals surface area contributed by atoms with Crippen LogP contribution in [0.4, 0.5) is 34.5 Å². The van der Waals surface area contributed by atoms with E-state index in [0.29, 0.717) is 5.95 Å². The molecule has 6 heteroatoms. The zero-order valence-corrected chi connectivity index (χ0v) is 16.5. The molecular weight excluding hydrogens is 336 g/mol. The van der Waals surface area contributed by atoms with Crippen molar-refractivity contribution in [3.05, 3.63) is 59.8 Å². The van der Waals surface area contributed by atoms with E-state index in [-0.39, 0.29) is 0 Å². The van der Waals surface area contributed by atoms with Crippen molar-refractivity contribution in [2.24, 2.45) is 0 Å². The molecule has 0 saturated heterocycles. The Bertz CT molecular complexity index is 918. The molecule has 0 radical (unpaired) electrons. The fraction of sp³-hybridized carbons (Fsp3) is 0.238. The number of aryl methyl sites for hydroxylation is 1. The topological polar surface area (TPSA) is 65.1 Å². The monoisotopic (exact) mass is 362 g/mol. The van der Waals surface area contributed by atoms with Crippen LogP contribution >= 0.6 is 0 Å². The molecule has 0 saturated carbocycles. The lowest BCUT2D eigenvalue weighted by molar-refractivity contribution is 1.11. The Labute approximate surface area is 160 Å². The van der Waals surface area contributed by atoms with Gasteiger partial charge in [0.05, 0.1) is 0 Å². The molecule has 0 fully saturated rings. The first kappa shape index (κ1) is 18.5. The Morgan fingerprint density at radius 2 is 1.56 bits per heavy atom. The lowest BCUT2D eigenvalue weighted by Gasteiger charge is -2.20.